The summed E-state index contributed by atoms with van der Waals surface area (Å²) in [5, 5.41) is 12.3. The second-order valence-electron chi connectivity index (χ2n) is 9.29. The van der Waals surface area contributed by atoms with E-state index in [9.17, 15) is 4.79 Å². The van der Waals surface area contributed by atoms with Gasteiger partial charge in [-0.3, -0.25) is 0 Å². The Balaban J connectivity index is 0.00000228. The van der Waals surface area contributed by atoms with Gasteiger partial charge in [0.1, 0.15) is 17.4 Å². The van der Waals surface area contributed by atoms with Crippen molar-refractivity contribution in [3.63, 3.8) is 0 Å². The van der Waals surface area contributed by atoms with Crippen LogP contribution in [0.4, 0.5) is 0 Å². The molecule has 1 saturated heterocycles. The number of carbonyl (C=O) groups is 1. The van der Waals surface area contributed by atoms with E-state index in [4.69, 9.17) is 14.2 Å². The molecule has 0 radical (unpaired) electrons. The van der Waals surface area contributed by atoms with Gasteiger partial charge in [0, 0.05) is 11.6 Å². The van der Waals surface area contributed by atoms with E-state index in [2.05, 4.69) is 22.4 Å². The summed E-state index contributed by atoms with van der Waals surface area (Å²) < 4.78 is 17.5. The molecule has 0 atom stereocenters. The largest absolute Gasteiger partial charge is 0.490 e. The lowest BCUT2D eigenvalue weighted by Gasteiger charge is -2.24. The zero-order valence-electron chi connectivity index (χ0n) is 21.3. The molecule has 7 nitrogen and oxygen atoms in total. The highest BCUT2D eigenvalue weighted by atomic mass is 35.5. The van der Waals surface area contributed by atoms with Crippen LogP contribution in [-0.4, -0.2) is 48.6 Å². The predicted molar refractivity (Wildman–Crippen MR) is 146 cm³/mol. The minimum absolute atomic E-state index is 0. The van der Waals surface area contributed by atoms with E-state index in [0.717, 1.165) is 74.9 Å². The van der Waals surface area contributed by atoms with E-state index in [1.807, 2.05) is 24.3 Å². The molecule has 1 aromatic carbocycles. The molecule has 1 N–H and O–H groups in total. The molecule has 1 aromatic heterocycles. The van der Waals surface area contributed by atoms with Crippen LogP contribution in [-0.2, 0) is 11.2 Å². The summed E-state index contributed by atoms with van der Waals surface area (Å²) in [5.41, 5.74) is 3.20. The summed E-state index contributed by atoms with van der Waals surface area (Å²) in [5.74, 6) is 0.728. The van der Waals surface area contributed by atoms with Gasteiger partial charge in [-0.25, -0.2) is 4.79 Å². The van der Waals surface area contributed by atoms with Gasteiger partial charge in [0.05, 0.1) is 18.9 Å². The van der Waals surface area contributed by atoms with Gasteiger partial charge in [-0.15, -0.1) is 29.9 Å². The van der Waals surface area contributed by atoms with Gasteiger partial charge in [-0.2, -0.15) is 5.10 Å². The summed E-state index contributed by atoms with van der Waals surface area (Å²) >= 11 is 0. The van der Waals surface area contributed by atoms with Crippen molar-refractivity contribution >= 4 is 30.8 Å². The van der Waals surface area contributed by atoms with Crippen LogP contribution >= 0.6 is 24.8 Å². The van der Waals surface area contributed by atoms with Crippen molar-refractivity contribution in [3.8, 4) is 22.8 Å². The number of ether oxygens (including phenoxy) is 3. The maximum Gasteiger partial charge on any atom is 0.341 e. The van der Waals surface area contributed by atoms with Crippen molar-refractivity contribution in [2.75, 3.05) is 20.2 Å². The quantitative estimate of drug-likeness (QED) is 0.393. The molecule has 2 aliphatic rings. The van der Waals surface area contributed by atoms with Crippen LogP contribution in [0.1, 0.15) is 80.8 Å². The fourth-order valence-corrected chi connectivity index (χ4v) is 4.75. The maximum absolute atomic E-state index is 12.7. The fraction of sp³-hybridized carbons (Fsp3) is 0.593. The van der Waals surface area contributed by atoms with Gasteiger partial charge in [0.15, 0.2) is 0 Å². The molecule has 0 spiro atoms. The SMILES string of the molecule is CCCCc1nnc(OC2CCNCC2)cc1-c1ccc(OC2CCCCC2)c(C(=O)OC)c1.Cl.Cl. The first-order valence-electron chi connectivity index (χ1n) is 12.8. The monoisotopic (exact) mass is 539 g/mol. The van der Waals surface area contributed by atoms with E-state index in [0.29, 0.717) is 17.2 Å². The molecule has 1 aliphatic heterocycles. The van der Waals surface area contributed by atoms with Gasteiger partial charge in [0.25, 0.3) is 0 Å². The molecule has 200 valence electrons. The highest BCUT2D eigenvalue weighted by Gasteiger charge is 2.22. The third-order valence-electron chi connectivity index (χ3n) is 6.73. The molecule has 0 bridgehead atoms. The van der Waals surface area contributed by atoms with Crippen molar-refractivity contribution in [1.29, 1.82) is 0 Å². The molecule has 36 heavy (non-hydrogen) atoms. The summed E-state index contributed by atoms with van der Waals surface area (Å²) in [4.78, 5) is 12.7. The molecule has 0 amide bonds. The normalized spacial score (nSPS) is 16.4. The molecule has 0 unspecified atom stereocenters. The second kappa shape index (κ2) is 15.2. The smallest absolute Gasteiger partial charge is 0.341 e. The van der Waals surface area contributed by atoms with Crippen LogP contribution in [0, 0.1) is 0 Å². The number of halogens is 2. The van der Waals surface area contributed by atoms with Gasteiger partial charge in [0.2, 0.25) is 5.88 Å². The average Bonchev–Trinajstić information content (AvgIpc) is 2.89. The molecular formula is C27H39Cl2N3O4. The minimum Gasteiger partial charge on any atom is -0.490 e. The van der Waals surface area contributed by atoms with Gasteiger partial charge in [-0.1, -0.05) is 25.8 Å². The number of esters is 1. The predicted octanol–water partition coefficient (Wildman–Crippen LogP) is 5.96. The number of carbonyl (C=O) groups excluding carboxylic acids is 1. The number of methoxy groups -OCH3 is 1. The number of aromatic nitrogens is 2. The Bertz CT molecular complexity index is 964. The Morgan fingerprint density at radius 3 is 2.39 bits per heavy atom. The maximum atomic E-state index is 12.7. The standard InChI is InChI=1S/C27H37N3O4.2ClH/c1-3-4-10-24-22(18-26(30-29-24)34-21-13-15-28-16-14-21)19-11-12-25(23(17-19)27(31)32-2)33-20-8-6-5-7-9-20;;/h11-12,17-18,20-21,28H,3-10,13-16H2,1-2H3;2*1H. The number of unbranched alkanes of at least 4 members (excludes halogenated alkanes) is 1. The van der Waals surface area contributed by atoms with Crippen molar-refractivity contribution in [3.05, 3.63) is 35.5 Å². The molecular weight excluding hydrogens is 501 g/mol. The highest BCUT2D eigenvalue weighted by molar-refractivity contribution is 5.94. The number of hydrogen-bond acceptors (Lipinski definition) is 7. The van der Waals surface area contributed by atoms with E-state index in [1.54, 1.807) is 0 Å². The minimum atomic E-state index is -0.393. The van der Waals surface area contributed by atoms with Crippen LogP contribution in [0.3, 0.4) is 0 Å². The molecule has 2 aromatic rings. The Kier molecular flexibility index (Phi) is 12.7. The third-order valence-corrected chi connectivity index (χ3v) is 6.73. The molecule has 2 heterocycles. The number of nitrogens with zero attached hydrogens (tertiary/aromatic N) is 2. The zero-order valence-corrected chi connectivity index (χ0v) is 22.9. The van der Waals surface area contributed by atoms with Crippen LogP contribution in [0.5, 0.6) is 11.6 Å². The fourth-order valence-electron chi connectivity index (χ4n) is 4.75. The van der Waals surface area contributed by atoms with Crippen LogP contribution < -0.4 is 14.8 Å². The molecule has 2 fully saturated rings. The first kappa shape index (κ1) is 30.1. The van der Waals surface area contributed by atoms with E-state index in [1.165, 1.54) is 26.4 Å². The molecule has 4 rings (SSSR count). The Hall–Kier alpha value is -2.09. The van der Waals surface area contributed by atoms with Crippen LogP contribution in [0.15, 0.2) is 24.3 Å². The summed E-state index contributed by atoms with van der Waals surface area (Å²) in [6.07, 6.45) is 10.7. The van der Waals surface area contributed by atoms with Crippen molar-refractivity contribution < 1.29 is 19.0 Å². The highest BCUT2D eigenvalue weighted by Crippen LogP contribution is 2.33. The van der Waals surface area contributed by atoms with Crippen LogP contribution in [0.2, 0.25) is 0 Å². The molecule has 1 aliphatic carbocycles. The summed E-state index contributed by atoms with van der Waals surface area (Å²) in [6.45, 7) is 4.06. The average molecular weight is 541 g/mol. The lowest BCUT2D eigenvalue weighted by molar-refractivity contribution is 0.0590. The third kappa shape index (κ3) is 7.95. The van der Waals surface area contributed by atoms with Gasteiger partial charge >= 0.3 is 5.97 Å². The molecule has 1 saturated carbocycles. The van der Waals surface area contributed by atoms with E-state index >= 15 is 0 Å². The number of aryl methyl sites for hydroxylation is 1. The lowest BCUT2D eigenvalue weighted by Crippen LogP contribution is -2.34. The summed E-state index contributed by atoms with van der Waals surface area (Å²) in [7, 11) is 1.41. The number of hydrogen-bond donors (Lipinski definition) is 1. The van der Waals surface area contributed by atoms with E-state index < -0.39 is 5.97 Å². The Morgan fingerprint density at radius 2 is 1.69 bits per heavy atom. The van der Waals surface area contributed by atoms with Gasteiger partial charge in [-0.05, 0) is 82.2 Å². The van der Waals surface area contributed by atoms with E-state index in [-0.39, 0.29) is 37.0 Å². The summed E-state index contributed by atoms with van der Waals surface area (Å²) in [6, 6.07) is 7.74. The number of piperidine rings is 1. The number of benzene rings is 1. The topological polar surface area (TPSA) is 82.6 Å². The van der Waals surface area contributed by atoms with Crippen molar-refractivity contribution in [2.45, 2.75) is 83.3 Å². The van der Waals surface area contributed by atoms with Crippen molar-refractivity contribution in [1.82, 2.24) is 15.5 Å². The Morgan fingerprint density at radius 1 is 0.972 bits per heavy atom. The first-order chi connectivity index (χ1) is 16.7. The second-order valence-corrected chi connectivity index (χ2v) is 9.29. The first-order valence-corrected chi connectivity index (χ1v) is 12.8. The number of rotatable bonds is 9. The van der Waals surface area contributed by atoms with Crippen LogP contribution in [0.25, 0.3) is 11.1 Å². The zero-order chi connectivity index (χ0) is 23.8. The Labute approximate surface area is 226 Å². The number of nitrogens with one attached hydrogen (secondary N) is 1. The lowest BCUT2D eigenvalue weighted by atomic mass is 9.97. The van der Waals surface area contributed by atoms with Gasteiger partial charge < -0.3 is 19.5 Å². The molecule has 9 heteroatoms. The van der Waals surface area contributed by atoms with Crippen molar-refractivity contribution in [2.24, 2.45) is 0 Å².